The van der Waals surface area contributed by atoms with Gasteiger partial charge in [-0.15, -0.1) is 0 Å². The number of allylic oxidation sites excluding steroid dienone is 4. The summed E-state index contributed by atoms with van der Waals surface area (Å²) in [6, 6.07) is 0. The fraction of sp³-hybridized carbons (Fsp3) is 0.300. The Hall–Kier alpha value is -0.955. The van der Waals surface area contributed by atoms with Crippen molar-refractivity contribution in [3.05, 3.63) is 34.4 Å². The molecular weight excluding hydrogens is 194 g/mol. The van der Waals surface area contributed by atoms with E-state index >= 15 is 0 Å². The molecule has 0 aromatic heterocycles. The SMILES string of the molecule is C=N.[B]/C(C=C)=C(\Cl)C(NC)=C(C)C. The van der Waals surface area contributed by atoms with Crippen molar-refractivity contribution < 1.29 is 0 Å². The van der Waals surface area contributed by atoms with E-state index in [2.05, 4.69) is 18.6 Å². The van der Waals surface area contributed by atoms with Gasteiger partial charge in [-0.1, -0.05) is 35.3 Å². The number of hydrogen-bond acceptors (Lipinski definition) is 2. The van der Waals surface area contributed by atoms with Gasteiger partial charge < -0.3 is 10.7 Å². The van der Waals surface area contributed by atoms with Gasteiger partial charge in [-0.3, -0.25) is 0 Å². The third kappa shape index (κ3) is 4.92. The topological polar surface area (TPSA) is 35.9 Å². The molecule has 14 heavy (non-hydrogen) atoms. The molecule has 2 N–H and O–H groups in total. The minimum Gasteiger partial charge on any atom is -0.387 e. The fourth-order valence-corrected chi connectivity index (χ4v) is 1.17. The maximum atomic E-state index is 5.96. The zero-order valence-electron chi connectivity index (χ0n) is 8.95. The monoisotopic (exact) mass is 210 g/mol. The quantitative estimate of drug-likeness (QED) is 0.419. The lowest BCUT2D eigenvalue weighted by atomic mass is 9.94. The summed E-state index contributed by atoms with van der Waals surface area (Å²) in [5.41, 5.74) is 2.43. The van der Waals surface area contributed by atoms with Gasteiger partial charge in [-0.2, -0.15) is 0 Å². The Morgan fingerprint density at radius 3 is 2.07 bits per heavy atom. The van der Waals surface area contributed by atoms with Crippen molar-refractivity contribution in [2.45, 2.75) is 13.8 Å². The summed E-state index contributed by atoms with van der Waals surface area (Å²) in [6.07, 6.45) is 1.53. The molecule has 0 atom stereocenters. The van der Waals surface area contributed by atoms with Crippen LogP contribution in [0.5, 0.6) is 0 Å². The number of hydrogen-bond donors (Lipinski definition) is 2. The predicted octanol–water partition coefficient (Wildman–Crippen LogP) is 2.57. The summed E-state index contributed by atoms with van der Waals surface area (Å²) in [7, 11) is 7.39. The zero-order valence-corrected chi connectivity index (χ0v) is 9.70. The van der Waals surface area contributed by atoms with Gasteiger partial charge in [0.25, 0.3) is 0 Å². The van der Waals surface area contributed by atoms with Crippen molar-refractivity contribution in [2.75, 3.05) is 7.05 Å². The molecule has 0 aromatic rings. The first-order valence-electron chi connectivity index (χ1n) is 4.03. The van der Waals surface area contributed by atoms with E-state index in [4.69, 9.17) is 24.9 Å². The summed E-state index contributed by atoms with van der Waals surface area (Å²) in [6.45, 7) is 9.97. The highest BCUT2D eigenvalue weighted by Gasteiger charge is 2.03. The van der Waals surface area contributed by atoms with E-state index in [1.807, 2.05) is 13.8 Å². The minimum absolute atomic E-state index is 0.488. The highest BCUT2D eigenvalue weighted by molar-refractivity contribution is 6.38. The van der Waals surface area contributed by atoms with Gasteiger partial charge in [0, 0.05) is 7.05 Å². The molecule has 4 heteroatoms. The molecule has 0 bridgehead atoms. The van der Waals surface area contributed by atoms with Crippen LogP contribution < -0.4 is 5.32 Å². The smallest absolute Gasteiger partial charge is 0.115 e. The summed E-state index contributed by atoms with van der Waals surface area (Å²) in [4.78, 5) is 0. The molecule has 76 valence electrons. The van der Waals surface area contributed by atoms with Crippen LogP contribution in [-0.4, -0.2) is 21.6 Å². The summed E-state index contributed by atoms with van der Waals surface area (Å²) < 4.78 is 0. The van der Waals surface area contributed by atoms with Crippen molar-refractivity contribution >= 4 is 26.2 Å². The number of halogens is 1. The minimum atomic E-state index is 0.488. The van der Waals surface area contributed by atoms with Crippen LogP contribution in [-0.2, 0) is 0 Å². The second kappa shape index (κ2) is 8.63. The summed E-state index contributed by atoms with van der Waals surface area (Å²) >= 11 is 5.96. The molecule has 0 unspecified atom stereocenters. The van der Waals surface area contributed by atoms with Gasteiger partial charge in [0.1, 0.15) is 7.85 Å². The predicted molar refractivity (Wildman–Crippen MR) is 66.1 cm³/mol. The van der Waals surface area contributed by atoms with E-state index in [9.17, 15) is 0 Å². The summed E-state index contributed by atoms with van der Waals surface area (Å²) in [5, 5.41) is 9.00. The van der Waals surface area contributed by atoms with Gasteiger partial charge in [-0.25, -0.2) is 0 Å². The molecule has 0 rings (SSSR count). The molecule has 0 aliphatic carbocycles. The van der Waals surface area contributed by atoms with Gasteiger partial charge in [0.15, 0.2) is 0 Å². The number of rotatable bonds is 3. The first-order chi connectivity index (χ1) is 6.54. The molecule has 2 nitrogen and oxygen atoms in total. The lowest BCUT2D eigenvalue weighted by molar-refractivity contribution is 0.990. The van der Waals surface area contributed by atoms with E-state index in [0.717, 1.165) is 11.3 Å². The van der Waals surface area contributed by atoms with Gasteiger partial charge >= 0.3 is 0 Å². The van der Waals surface area contributed by atoms with E-state index < -0.39 is 0 Å². The van der Waals surface area contributed by atoms with E-state index in [-0.39, 0.29) is 0 Å². The van der Waals surface area contributed by atoms with Crippen LogP contribution >= 0.6 is 11.6 Å². The third-order valence-corrected chi connectivity index (χ3v) is 1.85. The third-order valence-electron chi connectivity index (χ3n) is 1.44. The van der Waals surface area contributed by atoms with Crippen LogP contribution in [0.1, 0.15) is 13.8 Å². The number of nitrogens with one attached hydrogen (secondary N) is 2. The Bertz CT molecular complexity index is 253. The van der Waals surface area contributed by atoms with Gasteiger partial charge in [0.2, 0.25) is 0 Å². The van der Waals surface area contributed by atoms with Crippen LogP contribution in [0.3, 0.4) is 0 Å². The van der Waals surface area contributed by atoms with Crippen LogP contribution in [0, 0.1) is 5.41 Å². The van der Waals surface area contributed by atoms with Crippen molar-refractivity contribution in [3.8, 4) is 0 Å². The normalized spacial score (nSPS) is 10.3. The Kier molecular flexibility index (Phi) is 9.57. The maximum absolute atomic E-state index is 5.96. The Morgan fingerprint density at radius 1 is 1.43 bits per heavy atom. The van der Waals surface area contributed by atoms with Crippen LogP contribution in [0.4, 0.5) is 0 Å². The number of likely N-dealkylation sites (N-methyl/N-ethyl adjacent to an activating group) is 1. The second-order valence-electron chi connectivity index (χ2n) is 2.60. The Balaban J connectivity index is 0. The average molecular weight is 211 g/mol. The molecule has 0 saturated heterocycles. The molecule has 0 saturated carbocycles. The first-order valence-corrected chi connectivity index (χ1v) is 4.41. The van der Waals surface area contributed by atoms with E-state index in [1.165, 1.54) is 6.08 Å². The zero-order chi connectivity index (χ0) is 11.7. The molecule has 0 aromatic carbocycles. The van der Waals surface area contributed by atoms with E-state index in [0.29, 0.717) is 10.5 Å². The molecule has 0 aliphatic rings. The highest BCUT2D eigenvalue weighted by atomic mass is 35.5. The molecule has 0 amide bonds. The maximum Gasteiger partial charge on any atom is 0.115 e. The standard InChI is InChI=1S/C9H13BClN.CH3N/c1-5-7(10)8(11)9(12-4)6(2)3;1-2/h5,12H,1H2,2-4H3;2H,1H2/b8-7-;. The van der Waals surface area contributed by atoms with Crippen molar-refractivity contribution in [1.82, 2.24) is 5.32 Å². The van der Waals surface area contributed by atoms with Crippen molar-refractivity contribution in [3.63, 3.8) is 0 Å². The highest BCUT2D eigenvalue weighted by Crippen LogP contribution is 2.18. The molecule has 0 spiro atoms. The molecule has 0 aliphatic heterocycles. The van der Waals surface area contributed by atoms with Gasteiger partial charge in [0.05, 0.1) is 10.7 Å². The Labute approximate surface area is 92.7 Å². The average Bonchev–Trinajstić information content (AvgIpc) is 2.20. The van der Waals surface area contributed by atoms with Gasteiger partial charge in [-0.05, 0) is 20.6 Å². The van der Waals surface area contributed by atoms with Crippen molar-refractivity contribution in [2.24, 2.45) is 0 Å². The molecular formula is C10H16BClN2. The molecule has 0 fully saturated rings. The summed E-state index contributed by atoms with van der Waals surface area (Å²) in [5.74, 6) is 0. The van der Waals surface area contributed by atoms with Crippen LogP contribution in [0.25, 0.3) is 0 Å². The fourth-order valence-electron chi connectivity index (χ4n) is 0.813. The van der Waals surface area contributed by atoms with Crippen LogP contribution in [0.15, 0.2) is 34.4 Å². The molecule has 2 radical (unpaired) electrons. The van der Waals surface area contributed by atoms with Crippen molar-refractivity contribution in [1.29, 1.82) is 5.41 Å². The lowest BCUT2D eigenvalue weighted by Gasteiger charge is -2.09. The first kappa shape index (κ1) is 15.5. The van der Waals surface area contributed by atoms with Crippen LogP contribution in [0.2, 0.25) is 0 Å². The second-order valence-corrected chi connectivity index (χ2v) is 2.98. The largest absolute Gasteiger partial charge is 0.387 e. The van der Waals surface area contributed by atoms with E-state index in [1.54, 1.807) is 7.05 Å². The lowest BCUT2D eigenvalue weighted by Crippen LogP contribution is -2.09. The molecule has 0 heterocycles. The Morgan fingerprint density at radius 2 is 1.86 bits per heavy atom.